The number of morpholine rings is 1. The van der Waals surface area contributed by atoms with Gasteiger partial charge in [-0.1, -0.05) is 0 Å². The van der Waals surface area contributed by atoms with E-state index in [1.165, 1.54) is 7.05 Å². The first-order valence-corrected chi connectivity index (χ1v) is 9.01. The Morgan fingerprint density at radius 1 is 1.26 bits per heavy atom. The number of nitrogens with one attached hydrogen (secondary N) is 1. The lowest BCUT2D eigenvalue weighted by molar-refractivity contribution is -0.151. The number of carbonyl (C=O) groups is 3. The Morgan fingerprint density at radius 2 is 2.00 bits per heavy atom. The van der Waals surface area contributed by atoms with Gasteiger partial charge >= 0.3 is 6.03 Å². The average Bonchev–Trinajstić information content (AvgIpc) is 2.59. The van der Waals surface area contributed by atoms with Crippen LogP contribution in [0, 0.1) is 0 Å². The summed E-state index contributed by atoms with van der Waals surface area (Å²) in [7, 11) is 1.47. The molecule has 4 amide bonds. The summed E-state index contributed by atoms with van der Waals surface area (Å²) in [6, 6.07) is -0.395. The number of rotatable bonds is 2. The molecule has 0 saturated carbocycles. The average molecular weight is 342 g/mol. The Kier molecular flexibility index (Phi) is 5.08. The van der Waals surface area contributed by atoms with Crippen molar-refractivity contribution in [3.8, 4) is 0 Å². The predicted octanol–water partition coefficient (Wildman–Crippen LogP) is -0.840. The summed E-state index contributed by atoms with van der Waals surface area (Å²) in [6.45, 7) is 2.95. The van der Waals surface area contributed by atoms with Crippen molar-refractivity contribution in [2.24, 2.45) is 0 Å². The Labute approximate surface area is 139 Å². The maximum absolute atomic E-state index is 12.6. The summed E-state index contributed by atoms with van der Waals surface area (Å²) >= 11 is 1.85. The van der Waals surface area contributed by atoms with E-state index in [2.05, 4.69) is 5.32 Å². The van der Waals surface area contributed by atoms with Crippen LogP contribution in [0.3, 0.4) is 0 Å². The van der Waals surface area contributed by atoms with Crippen molar-refractivity contribution in [3.05, 3.63) is 0 Å². The molecular formula is C14H22N4O4S. The van der Waals surface area contributed by atoms with E-state index >= 15 is 0 Å². The minimum absolute atomic E-state index is 0.0144. The molecule has 3 heterocycles. The van der Waals surface area contributed by atoms with Gasteiger partial charge in [0.05, 0.1) is 19.2 Å². The molecule has 3 rings (SSSR count). The third-order valence-electron chi connectivity index (χ3n) is 4.47. The maximum Gasteiger partial charge on any atom is 0.325 e. The van der Waals surface area contributed by atoms with E-state index in [9.17, 15) is 14.4 Å². The van der Waals surface area contributed by atoms with E-state index in [1.54, 1.807) is 0 Å². The van der Waals surface area contributed by atoms with Gasteiger partial charge in [-0.15, -0.1) is 0 Å². The normalized spacial score (nSPS) is 30.3. The molecule has 0 aromatic heterocycles. The van der Waals surface area contributed by atoms with E-state index in [4.69, 9.17) is 4.74 Å². The summed E-state index contributed by atoms with van der Waals surface area (Å²) in [6.07, 6.45) is -0.649. The number of urea groups is 1. The van der Waals surface area contributed by atoms with Crippen LogP contribution in [0.1, 0.15) is 6.42 Å². The number of nitrogens with zero attached hydrogens (tertiary/aromatic N) is 3. The first-order chi connectivity index (χ1) is 11.1. The highest BCUT2D eigenvalue weighted by atomic mass is 32.2. The molecule has 3 saturated heterocycles. The fraction of sp³-hybridized carbons (Fsp3) is 0.786. The van der Waals surface area contributed by atoms with Crippen molar-refractivity contribution in [2.75, 3.05) is 51.3 Å². The van der Waals surface area contributed by atoms with Crippen LogP contribution in [0.15, 0.2) is 0 Å². The molecule has 2 atom stereocenters. The molecule has 0 aromatic rings. The highest BCUT2D eigenvalue weighted by Gasteiger charge is 2.37. The molecule has 3 aliphatic rings. The second-order valence-electron chi connectivity index (χ2n) is 5.91. The van der Waals surface area contributed by atoms with Crippen molar-refractivity contribution in [1.82, 2.24) is 20.0 Å². The molecule has 3 fully saturated rings. The standard InChI is InChI=1S/C14H22N4O4S/c1-16-12(19)8-11(15-14(16)21)18-2-5-22-10(9-18)13(20)17-3-6-23-7-4-17/h10-11H,2-9H2,1H3,(H,15,21). The zero-order valence-electron chi connectivity index (χ0n) is 13.2. The molecule has 9 heteroatoms. The molecule has 23 heavy (non-hydrogen) atoms. The molecule has 2 unspecified atom stereocenters. The van der Waals surface area contributed by atoms with Crippen LogP contribution < -0.4 is 5.32 Å². The molecule has 3 aliphatic heterocycles. The summed E-state index contributed by atoms with van der Waals surface area (Å²) in [5.74, 6) is 1.73. The number of amides is 4. The van der Waals surface area contributed by atoms with Gasteiger partial charge in [0.1, 0.15) is 6.10 Å². The minimum atomic E-state index is -0.515. The minimum Gasteiger partial charge on any atom is -0.366 e. The Morgan fingerprint density at radius 3 is 2.70 bits per heavy atom. The number of thioether (sulfide) groups is 1. The van der Waals surface area contributed by atoms with Crippen molar-refractivity contribution in [1.29, 1.82) is 0 Å². The fourth-order valence-corrected chi connectivity index (χ4v) is 3.92. The van der Waals surface area contributed by atoms with Gasteiger partial charge in [-0.05, 0) is 0 Å². The summed E-state index contributed by atoms with van der Waals surface area (Å²) in [5.41, 5.74) is 0. The number of hydrogen-bond acceptors (Lipinski definition) is 6. The number of imide groups is 1. The van der Waals surface area contributed by atoms with Crippen LogP contribution in [-0.2, 0) is 14.3 Å². The van der Waals surface area contributed by atoms with Crippen molar-refractivity contribution in [2.45, 2.75) is 18.7 Å². The molecule has 8 nitrogen and oxygen atoms in total. The van der Waals surface area contributed by atoms with Crippen LogP contribution >= 0.6 is 11.8 Å². The second kappa shape index (κ2) is 7.06. The van der Waals surface area contributed by atoms with Crippen LogP contribution in [0.4, 0.5) is 4.79 Å². The van der Waals surface area contributed by atoms with E-state index < -0.39 is 12.1 Å². The van der Waals surface area contributed by atoms with E-state index in [1.807, 2.05) is 21.6 Å². The fourth-order valence-electron chi connectivity index (χ4n) is 3.02. The molecule has 0 aromatic carbocycles. The highest BCUT2D eigenvalue weighted by Crippen LogP contribution is 2.17. The first-order valence-electron chi connectivity index (χ1n) is 7.85. The third-order valence-corrected chi connectivity index (χ3v) is 5.42. The molecule has 0 aliphatic carbocycles. The first kappa shape index (κ1) is 16.5. The molecule has 0 bridgehead atoms. The smallest absolute Gasteiger partial charge is 0.325 e. The van der Waals surface area contributed by atoms with Gasteiger partial charge in [-0.25, -0.2) is 4.79 Å². The van der Waals surface area contributed by atoms with Gasteiger partial charge in [0.2, 0.25) is 5.91 Å². The predicted molar refractivity (Wildman–Crippen MR) is 84.9 cm³/mol. The van der Waals surface area contributed by atoms with Crippen LogP contribution in [0.25, 0.3) is 0 Å². The SMILES string of the molecule is CN1C(=O)CC(N2CCOC(C(=O)N3CCSCC3)C2)NC1=O. The number of ether oxygens (including phenoxy) is 1. The van der Waals surface area contributed by atoms with Gasteiger partial charge in [0, 0.05) is 44.7 Å². The molecule has 0 radical (unpaired) electrons. The van der Waals surface area contributed by atoms with Gasteiger partial charge in [0.25, 0.3) is 5.91 Å². The summed E-state index contributed by atoms with van der Waals surface area (Å²) in [5, 5.41) is 2.81. The lowest BCUT2D eigenvalue weighted by Crippen LogP contribution is -2.63. The maximum atomic E-state index is 12.6. The Balaban J connectivity index is 1.60. The molecular weight excluding hydrogens is 320 g/mol. The van der Waals surface area contributed by atoms with Crippen LogP contribution in [-0.4, -0.2) is 96.2 Å². The van der Waals surface area contributed by atoms with E-state index in [0.29, 0.717) is 19.7 Å². The van der Waals surface area contributed by atoms with Gasteiger partial charge in [0.15, 0.2) is 0 Å². The van der Waals surface area contributed by atoms with Gasteiger partial charge in [-0.3, -0.25) is 19.4 Å². The zero-order chi connectivity index (χ0) is 16.4. The van der Waals surface area contributed by atoms with Crippen molar-refractivity contribution >= 4 is 29.6 Å². The zero-order valence-corrected chi connectivity index (χ0v) is 14.0. The monoisotopic (exact) mass is 342 g/mol. The van der Waals surface area contributed by atoms with Gasteiger partial charge in [-0.2, -0.15) is 11.8 Å². The summed E-state index contributed by atoms with van der Waals surface area (Å²) < 4.78 is 5.64. The molecule has 1 N–H and O–H groups in total. The lowest BCUT2D eigenvalue weighted by Gasteiger charge is -2.41. The van der Waals surface area contributed by atoms with Gasteiger partial charge < -0.3 is 15.0 Å². The Hall–Kier alpha value is -1.32. The topological polar surface area (TPSA) is 82.2 Å². The summed E-state index contributed by atoms with van der Waals surface area (Å²) in [4.78, 5) is 41.1. The largest absolute Gasteiger partial charge is 0.366 e. The second-order valence-corrected chi connectivity index (χ2v) is 7.14. The van der Waals surface area contributed by atoms with Crippen molar-refractivity contribution < 1.29 is 19.1 Å². The highest BCUT2D eigenvalue weighted by molar-refractivity contribution is 7.99. The quantitative estimate of drug-likeness (QED) is 0.705. The van der Waals surface area contributed by atoms with Crippen LogP contribution in [0.5, 0.6) is 0 Å². The number of hydrogen-bond donors (Lipinski definition) is 1. The van der Waals surface area contributed by atoms with Crippen molar-refractivity contribution in [3.63, 3.8) is 0 Å². The Bertz CT molecular complexity index is 479. The molecule has 0 spiro atoms. The third kappa shape index (κ3) is 3.61. The van der Waals surface area contributed by atoms with E-state index in [0.717, 1.165) is 29.5 Å². The number of carbonyl (C=O) groups excluding carboxylic acids is 3. The lowest BCUT2D eigenvalue weighted by atomic mass is 10.1. The molecule has 128 valence electrons. The van der Waals surface area contributed by atoms with E-state index in [-0.39, 0.29) is 24.4 Å². The van der Waals surface area contributed by atoms with Crippen LogP contribution in [0.2, 0.25) is 0 Å².